The zero-order valence-corrected chi connectivity index (χ0v) is 10.5. The van der Waals surface area contributed by atoms with Crippen LogP contribution in [0, 0.1) is 0 Å². The highest BCUT2D eigenvalue weighted by Crippen LogP contribution is 2.31. The first kappa shape index (κ1) is 13.9. The molecule has 0 radical (unpaired) electrons. The molecule has 1 aliphatic rings. The summed E-state index contributed by atoms with van der Waals surface area (Å²) in [4.78, 5) is 5.95. The summed E-state index contributed by atoms with van der Waals surface area (Å²) in [5, 5.41) is 9.36. The molecule has 0 saturated heterocycles. The van der Waals surface area contributed by atoms with Crippen LogP contribution in [0.3, 0.4) is 0 Å². The summed E-state index contributed by atoms with van der Waals surface area (Å²) in [6, 6.07) is 3.45. The van der Waals surface area contributed by atoms with E-state index >= 15 is 0 Å². The minimum Gasteiger partial charge on any atom is -0.389 e. The fraction of sp³-hybridized carbons (Fsp3) is 0.462. The van der Waals surface area contributed by atoms with E-state index in [9.17, 15) is 18.3 Å². The smallest absolute Gasteiger partial charge is 0.389 e. The zero-order chi connectivity index (χ0) is 14.0. The van der Waals surface area contributed by atoms with Crippen molar-refractivity contribution < 1.29 is 18.3 Å². The number of hydrogen-bond donors (Lipinski definition) is 1. The molecule has 0 amide bonds. The summed E-state index contributed by atoms with van der Waals surface area (Å²) in [5.74, 6) is 0.627. The van der Waals surface area contributed by atoms with Gasteiger partial charge in [0.2, 0.25) is 0 Å². The van der Waals surface area contributed by atoms with Gasteiger partial charge >= 0.3 is 6.18 Å². The Bertz CT molecular complexity index is 466. The SMILES string of the molecule is C[C@H](O)c1ccc(N2CC=C(C(F)(F)F)CC2)nc1. The summed E-state index contributed by atoms with van der Waals surface area (Å²) >= 11 is 0. The number of aromatic nitrogens is 1. The minimum atomic E-state index is -4.23. The fourth-order valence-corrected chi connectivity index (χ4v) is 1.97. The first-order chi connectivity index (χ1) is 8.88. The predicted molar refractivity (Wildman–Crippen MR) is 65.8 cm³/mol. The highest BCUT2D eigenvalue weighted by molar-refractivity contribution is 5.42. The fourth-order valence-electron chi connectivity index (χ4n) is 1.97. The molecule has 2 rings (SSSR count). The van der Waals surface area contributed by atoms with Crippen LogP contribution in [0.2, 0.25) is 0 Å². The van der Waals surface area contributed by atoms with Gasteiger partial charge in [-0.15, -0.1) is 0 Å². The Balaban J connectivity index is 2.07. The normalized spacial score (nSPS) is 18.2. The molecule has 1 N–H and O–H groups in total. The molecule has 3 nitrogen and oxygen atoms in total. The lowest BCUT2D eigenvalue weighted by Gasteiger charge is -2.28. The van der Waals surface area contributed by atoms with Gasteiger partial charge in [-0.25, -0.2) is 4.98 Å². The molecule has 0 aromatic carbocycles. The highest BCUT2D eigenvalue weighted by atomic mass is 19.4. The van der Waals surface area contributed by atoms with Crippen molar-refractivity contribution in [3.05, 3.63) is 35.5 Å². The lowest BCUT2D eigenvalue weighted by molar-refractivity contribution is -0.0944. The zero-order valence-electron chi connectivity index (χ0n) is 10.5. The van der Waals surface area contributed by atoms with Crippen molar-refractivity contribution in [1.29, 1.82) is 0 Å². The van der Waals surface area contributed by atoms with Crippen LogP contribution in [0.4, 0.5) is 19.0 Å². The van der Waals surface area contributed by atoms with Crippen LogP contribution in [0.5, 0.6) is 0 Å². The molecule has 6 heteroatoms. The topological polar surface area (TPSA) is 36.4 Å². The lowest BCUT2D eigenvalue weighted by Crippen LogP contribution is -2.32. The average molecular weight is 272 g/mol. The maximum atomic E-state index is 12.5. The third kappa shape index (κ3) is 3.26. The molecule has 1 atom stereocenters. The van der Waals surface area contributed by atoms with Crippen molar-refractivity contribution in [3.63, 3.8) is 0 Å². The number of aliphatic hydroxyl groups excluding tert-OH is 1. The molecule has 1 aromatic rings. The van der Waals surface area contributed by atoms with Gasteiger partial charge < -0.3 is 10.0 Å². The number of anilines is 1. The van der Waals surface area contributed by atoms with E-state index in [1.807, 2.05) is 0 Å². The van der Waals surface area contributed by atoms with E-state index in [4.69, 9.17) is 0 Å². The molecule has 0 saturated carbocycles. The molecule has 2 heterocycles. The summed E-state index contributed by atoms with van der Waals surface area (Å²) in [6.07, 6.45) is -2.10. The van der Waals surface area contributed by atoms with Gasteiger partial charge in [-0.3, -0.25) is 0 Å². The van der Waals surface area contributed by atoms with Crippen LogP contribution in [0.25, 0.3) is 0 Å². The number of rotatable bonds is 2. The number of hydrogen-bond acceptors (Lipinski definition) is 3. The number of aliphatic hydroxyl groups is 1. The number of alkyl halides is 3. The Morgan fingerprint density at radius 2 is 2.11 bits per heavy atom. The van der Waals surface area contributed by atoms with Crippen molar-refractivity contribution in [3.8, 4) is 0 Å². The van der Waals surface area contributed by atoms with Crippen LogP contribution in [-0.2, 0) is 0 Å². The summed E-state index contributed by atoms with van der Waals surface area (Å²) in [7, 11) is 0. The quantitative estimate of drug-likeness (QED) is 0.841. The Kier molecular flexibility index (Phi) is 3.80. The standard InChI is InChI=1S/C13H15F3N2O/c1-9(19)10-2-3-12(17-8-10)18-6-4-11(5-7-18)13(14,15)16/h2-4,8-9,19H,5-7H2,1H3/t9-/m0/s1. The summed E-state index contributed by atoms with van der Waals surface area (Å²) in [6.45, 7) is 2.14. The van der Waals surface area contributed by atoms with E-state index in [0.717, 1.165) is 0 Å². The summed E-state index contributed by atoms with van der Waals surface area (Å²) in [5.41, 5.74) is 0.219. The van der Waals surface area contributed by atoms with Gasteiger partial charge in [0, 0.05) is 24.9 Å². The maximum absolute atomic E-state index is 12.5. The van der Waals surface area contributed by atoms with Crippen LogP contribution in [0.1, 0.15) is 25.0 Å². The number of nitrogens with zero attached hydrogens (tertiary/aromatic N) is 2. The van der Waals surface area contributed by atoms with Crippen LogP contribution in [-0.4, -0.2) is 29.4 Å². The molecule has 104 valence electrons. The van der Waals surface area contributed by atoms with Gasteiger partial charge in [-0.05, 0) is 25.0 Å². The van der Waals surface area contributed by atoms with Crippen LogP contribution in [0.15, 0.2) is 30.0 Å². The molecule has 19 heavy (non-hydrogen) atoms. The molecular formula is C13H15F3N2O. The largest absolute Gasteiger partial charge is 0.412 e. The van der Waals surface area contributed by atoms with Gasteiger partial charge in [-0.1, -0.05) is 12.1 Å². The van der Waals surface area contributed by atoms with E-state index in [2.05, 4.69) is 4.98 Å². The lowest BCUT2D eigenvalue weighted by atomic mass is 10.1. The molecule has 0 bridgehead atoms. The Morgan fingerprint density at radius 3 is 2.53 bits per heavy atom. The second-order valence-corrected chi connectivity index (χ2v) is 4.55. The Labute approximate surface area is 109 Å². The van der Waals surface area contributed by atoms with Crippen molar-refractivity contribution >= 4 is 5.82 Å². The molecule has 0 aliphatic carbocycles. The summed E-state index contributed by atoms with van der Waals surface area (Å²) < 4.78 is 37.4. The van der Waals surface area contributed by atoms with Gasteiger partial charge in [0.15, 0.2) is 0 Å². The predicted octanol–water partition coefficient (Wildman–Crippen LogP) is 2.83. The minimum absolute atomic E-state index is 0.0245. The first-order valence-electron chi connectivity index (χ1n) is 6.03. The molecule has 1 aliphatic heterocycles. The average Bonchev–Trinajstić information content (AvgIpc) is 2.38. The van der Waals surface area contributed by atoms with E-state index in [1.54, 1.807) is 30.2 Å². The molecule has 0 spiro atoms. The molecule has 0 unspecified atom stereocenters. The van der Waals surface area contributed by atoms with E-state index < -0.39 is 17.9 Å². The van der Waals surface area contributed by atoms with E-state index in [1.165, 1.54) is 6.08 Å². The Hall–Kier alpha value is -1.56. The Morgan fingerprint density at radius 1 is 1.37 bits per heavy atom. The molecule has 1 aromatic heterocycles. The molecular weight excluding hydrogens is 257 g/mol. The van der Waals surface area contributed by atoms with Crippen molar-refractivity contribution in [2.45, 2.75) is 25.6 Å². The highest BCUT2D eigenvalue weighted by Gasteiger charge is 2.34. The second-order valence-electron chi connectivity index (χ2n) is 4.55. The van der Waals surface area contributed by atoms with Crippen molar-refractivity contribution in [1.82, 2.24) is 4.98 Å². The van der Waals surface area contributed by atoms with Gasteiger partial charge in [-0.2, -0.15) is 13.2 Å². The second kappa shape index (κ2) is 5.21. The van der Waals surface area contributed by atoms with E-state index in [0.29, 0.717) is 17.9 Å². The third-order valence-electron chi connectivity index (χ3n) is 3.15. The van der Waals surface area contributed by atoms with Crippen LogP contribution >= 0.6 is 0 Å². The monoisotopic (exact) mass is 272 g/mol. The maximum Gasteiger partial charge on any atom is 0.412 e. The van der Waals surface area contributed by atoms with Gasteiger partial charge in [0.05, 0.1) is 6.10 Å². The first-order valence-corrected chi connectivity index (χ1v) is 6.03. The van der Waals surface area contributed by atoms with Gasteiger partial charge in [0.1, 0.15) is 5.82 Å². The van der Waals surface area contributed by atoms with Crippen LogP contribution < -0.4 is 4.90 Å². The number of halogens is 3. The number of pyridine rings is 1. The van der Waals surface area contributed by atoms with Crippen molar-refractivity contribution in [2.24, 2.45) is 0 Å². The van der Waals surface area contributed by atoms with Gasteiger partial charge in [0.25, 0.3) is 0 Å². The molecule has 0 fully saturated rings. The van der Waals surface area contributed by atoms with E-state index in [-0.39, 0.29) is 13.0 Å². The third-order valence-corrected chi connectivity index (χ3v) is 3.15. The van der Waals surface area contributed by atoms with Crippen molar-refractivity contribution in [2.75, 3.05) is 18.0 Å².